The summed E-state index contributed by atoms with van der Waals surface area (Å²) in [7, 11) is 1.70. The quantitative estimate of drug-likeness (QED) is 0.467. The number of aromatic nitrogens is 1. The average Bonchev–Trinajstić information content (AvgIpc) is 3.55. The van der Waals surface area contributed by atoms with Crippen molar-refractivity contribution in [1.82, 2.24) is 15.2 Å². The molecular weight excluding hydrogens is 453 g/mol. The predicted octanol–water partition coefficient (Wildman–Crippen LogP) is 5.57. The molecule has 3 fully saturated rings. The van der Waals surface area contributed by atoms with Gasteiger partial charge in [-0.1, -0.05) is 18.0 Å². The van der Waals surface area contributed by atoms with Crippen LogP contribution in [0.25, 0.3) is 0 Å². The van der Waals surface area contributed by atoms with Gasteiger partial charge < -0.3 is 20.3 Å². The number of hydrogen-bond donors (Lipinski definition) is 3. The zero-order valence-electron chi connectivity index (χ0n) is 17.9. The smallest absolute Gasteiger partial charge is 0.192 e. The van der Waals surface area contributed by atoms with Crippen LogP contribution in [0, 0.1) is 17.7 Å². The molecule has 0 amide bonds. The lowest BCUT2D eigenvalue weighted by atomic mass is 10.0. The molecule has 2 saturated heterocycles. The molecule has 3 aliphatic rings. The molecule has 0 bridgehead atoms. The summed E-state index contributed by atoms with van der Waals surface area (Å²) in [4.78, 5) is 7.19. The second-order valence-electron chi connectivity index (χ2n) is 8.52. The molecule has 9 heteroatoms. The molecule has 1 aromatic carbocycles. The second kappa shape index (κ2) is 11.2. The minimum absolute atomic E-state index is 0.326. The van der Waals surface area contributed by atoms with Gasteiger partial charge in [-0.2, -0.15) is 0 Å². The first-order chi connectivity index (χ1) is 15.1. The highest BCUT2D eigenvalue weighted by molar-refractivity contribution is 8.00. The summed E-state index contributed by atoms with van der Waals surface area (Å²) >= 11 is 8.58. The number of rotatable bonds is 6. The van der Waals surface area contributed by atoms with Crippen LogP contribution in [0.4, 0.5) is 15.2 Å². The Morgan fingerprint density at radius 2 is 2.06 bits per heavy atom. The Morgan fingerprint density at radius 1 is 1.26 bits per heavy atom. The molecule has 170 valence electrons. The number of nitrogens with zero attached hydrogens (tertiary/aromatic N) is 2. The lowest BCUT2D eigenvalue weighted by Gasteiger charge is -2.21. The lowest BCUT2D eigenvalue weighted by Crippen LogP contribution is -2.36. The molecular formula is C22H31ClFN5S2. The van der Waals surface area contributed by atoms with Crippen LogP contribution < -0.4 is 15.4 Å². The van der Waals surface area contributed by atoms with E-state index in [0.717, 1.165) is 35.0 Å². The van der Waals surface area contributed by atoms with Gasteiger partial charge in [0.25, 0.3) is 0 Å². The maximum atomic E-state index is 13.7. The van der Waals surface area contributed by atoms with Crippen LogP contribution in [0.3, 0.4) is 0 Å². The predicted molar refractivity (Wildman–Crippen MR) is 131 cm³/mol. The van der Waals surface area contributed by atoms with E-state index in [9.17, 15) is 4.39 Å². The average molecular weight is 484 g/mol. The maximum Gasteiger partial charge on any atom is 0.192 e. The van der Waals surface area contributed by atoms with Crippen molar-refractivity contribution < 1.29 is 4.39 Å². The van der Waals surface area contributed by atoms with Gasteiger partial charge in [-0.15, -0.1) is 11.3 Å². The fraction of sp³-hybridized carbons (Fsp3) is 0.591. The van der Waals surface area contributed by atoms with Crippen LogP contribution in [-0.4, -0.2) is 49.2 Å². The first-order valence-corrected chi connectivity index (χ1v) is 13.1. The normalized spacial score (nSPS) is 25.2. The van der Waals surface area contributed by atoms with Crippen molar-refractivity contribution in [3.05, 3.63) is 34.5 Å². The molecule has 3 heterocycles. The van der Waals surface area contributed by atoms with E-state index in [4.69, 9.17) is 11.6 Å². The number of halogens is 2. The highest BCUT2D eigenvalue weighted by Gasteiger charge is 2.36. The molecule has 5 nitrogen and oxygen atoms in total. The molecule has 5 rings (SSSR count). The Balaban J connectivity index is 0.000000151. The molecule has 3 N–H and O–H groups in total. The summed E-state index contributed by atoms with van der Waals surface area (Å²) in [6.45, 7) is 5.39. The molecule has 3 atom stereocenters. The number of benzene rings is 1. The van der Waals surface area contributed by atoms with Crippen molar-refractivity contribution in [2.45, 2.75) is 43.0 Å². The summed E-state index contributed by atoms with van der Waals surface area (Å²) in [5, 5.41) is 9.48. The van der Waals surface area contributed by atoms with Crippen molar-refractivity contribution >= 4 is 45.7 Å². The summed E-state index contributed by atoms with van der Waals surface area (Å²) in [5.74, 6) is 1.81. The first-order valence-electron chi connectivity index (χ1n) is 11.1. The fourth-order valence-corrected chi connectivity index (χ4v) is 6.47. The van der Waals surface area contributed by atoms with Crippen molar-refractivity contribution in [3.63, 3.8) is 0 Å². The van der Waals surface area contributed by atoms with E-state index < -0.39 is 0 Å². The molecule has 1 saturated carbocycles. The minimum Gasteiger partial charge on any atom is -0.387 e. The number of thiazole rings is 1. The first kappa shape index (κ1) is 23.1. The number of nitrogens with one attached hydrogen (secondary N) is 3. The van der Waals surface area contributed by atoms with E-state index in [1.807, 2.05) is 5.38 Å². The van der Waals surface area contributed by atoms with Gasteiger partial charge in [0.05, 0.1) is 15.6 Å². The Hall–Kier alpha value is -1.06. The van der Waals surface area contributed by atoms with Crippen LogP contribution in [0.5, 0.6) is 0 Å². The number of hydrogen-bond acceptors (Lipinski definition) is 7. The van der Waals surface area contributed by atoms with Crippen LogP contribution in [0.2, 0.25) is 5.02 Å². The molecule has 1 aliphatic carbocycles. The van der Waals surface area contributed by atoms with E-state index >= 15 is 0 Å². The van der Waals surface area contributed by atoms with E-state index in [1.165, 1.54) is 75.7 Å². The second-order valence-corrected chi connectivity index (χ2v) is 10.7. The Bertz CT molecular complexity index is 820. The van der Waals surface area contributed by atoms with E-state index in [1.54, 1.807) is 19.3 Å². The summed E-state index contributed by atoms with van der Waals surface area (Å²) in [6.07, 6.45) is 9.02. The minimum atomic E-state index is -0.326. The molecule has 31 heavy (non-hydrogen) atoms. The van der Waals surface area contributed by atoms with Crippen LogP contribution in [0.15, 0.2) is 28.6 Å². The molecule has 0 radical (unpaired) electrons. The van der Waals surface area contributed by atoms with Crippen LogP contribution in [-0.2, 0) is 0 Å². The van der Waals surface area contributed by atoms with Crippen molar-refractivity contribution in [2.24, 2.45) is 11.8 Å². The van der Waals surface area contributed by atoms with Crippen LogP contribution >= 0.6 is 34.9 Å². The highest BCUT2D eigenvalue weighted by atomic mass is 35.5. The topological polar surface area (TPSA) is 52.2 Å². The van der Waals surface area contributed by atoms with E-state index in [-0.39, 0.29) is 5.82 Å². The number of likely N-dealkylation sites (tertiary alicyclic amines) is 1. The van der Waals surface area contributed by atoms with E-state index in [2.05, 4.69) is 25.2 Å². The molecule has 1 aromatic heterocycles. The van der Waals surface area contributed by atoms with Gasteiger partial charge >= 0.3 is 0 Å². The van der Waals surface area contributed by atoms with Crippen LogP contribution in [0.1, 0.15) is 32.1 Å². The van der Waals surface area contributed by atoms with Gasteiger partial charge in [0.2, 0.25) is 0 Å². The van der Waals surface area contributed by atoms with Gasteiger partial charge in [0.1, 0.15) is 5.82 Å². The standard InChI is InChI=1S/C12H22N2.C10H9ClFN3S2/c1-3-10-7-14(8-11(10)4-1)9-12-5-2-6-13-12;1-13-8-5-7(12)9(4-6(8)11)17-15-10-14-2-3-16-10/h10-13H,1-9H2;2-5,13H,1H3,(H,14,15)/t10-,11+,12-;/m0./s1. The number of fused-ring (bicyclic) bond motifs is 1. The third kappa shape index (κ3) is 6.26. The van der Waals surface area contributed by atoms with Crippen molar-refractivity contribution in [2.75, 3.05) is 43.3 Å². The van der Waals surface area contributed by atoms with Crippen molar-refractivity contribution in [3.8, 4) is 0 Å². The van der Waals surface area contributed by atoms with Gasteiger partial charge in [-0.05, 0) is 68.1 Å². The van der Waals surface area contributed by atoms with Gasteiger partial charge in [-0.3, -0.25) is 0 Å². The highest BCUT2D eigenvalue weighted by Crippen LogP contribution is 2.37. The van der Waals surface area contributed by atoms with Gasteiger partial charge in [0.15, 0.2) is 5.13 Å². The monoisotopic (exact) mass is 483 g/mol. The zero-order valence-corrected chi connectivity index (χ0v) is 20.3. The Labute approximate surface area is 197 Å². The maximum absolute atomic E-state index is 13.7. The van der Waals surface area contributed by atoms with Gasteiger partial charge in [0, 0.05) is 44.3 Å². The summed E-state index contributed by atoms with van der Waals surface area (Å²) in [5.41, 5.74) is 0.572. The molecule has 0 spiro atoms. The Kier molecular flexibility index (Phi) is 8.34. The lowest BCUT2D eigenvalue weighted by molar-refractivity contribution is 0.281. The molecule has 0 unspecified atom stereocenters. The largest absolute Gasteiger partial charge is 0.387 e. The number of anilines is 2. The summed E-state index contributed by atoms with van der Waals surface area (Å²) in [6, 6.07) is 3.76. The SMILES string of the molecule is C1CN[C@H](CN2C[C@H]3CCC[C@H]3C2)C1.CNc1cc(F)c(SNc2nccs2)cc1Cl. The third-order valence-electron chi connectivity index (χ3n) is 6.41. The molecule has 2 aliphatic heterocycles. The Morgan fingerprint density at radius 3 is 2.71 bits per heavy atom. The van der Waals surface area contributed by atoms with E-state index in [0.29, 0.717) is 15.6 Å². The zero-order chi connectivity index (χ0) is 21.6. The van der Waals surface area contributed by atoms with Crippen molar-refractivity contribution in [1.29, 1.82) is 0 Å². The van der Waals surface area contributed by atoms with Gasteiger partial charge in [-0.25, -0.2) is 9.37 Å². The summed E-state index contributed by atoms with van der Waals surface area (Å²) < 4.78 is 16.6. The fourth-order valence-electron chi connectivity index (χ4n) is 4.88. The third-order valence-corrected chi connectivity index (χ3v) is 8.37. The molecule has 2 aromatic rings.